The van der Waals surface area contributed by atoms with Gasteiger partial charge in [0, 0.05) is 23.8 Å². The van der Waals surface area contributed by atoms with Gasteiger partial charge in [-0.05, 0) is 11.1 Å². The SMILES string of the molecule is CC(C)C(=O)CC(c1ccccc1)C(C(=O)c1ccccc1)c1ccccc1. The summed E-state index contributed by atoms with van der Waals surface area (Å²) in [7, 11) is 0. The second-order valence-electron chi connectivity index (χ2n) is 7.46. The van der Waals surface area contributed by atoms with Crippen LogP contribution in [0.5, 0.6) is 0 Å². The van der Waals surface area contributed by atoms with Crippen LogP contribution < -0.4 is 0 Å². The van der Waals surface area contributed by atoms with E-state index >= 15 is 0 Å². The number of benzene rings is 3. The number of carbonyl (C=O) groups is 2. The van der Waals surface area contributed by atoms with Crippen LogP contribution in [0.3, 0.4) is 0 Å². The van der Waals surface area contributed by atoms with Crippen LogP contribution in [0.25, 0.3) is 0 Å². The van der Waals surface area contributed by atoms with Crippen molar-refractivity contribution in [2.45, 2.75) is 32.1 Å². The topological polar surface area (TPSA) is 34.1 Å². The van der Waals surface area contributed by atoms with Gasteiger partial charge in [-0.25, -0.2) is 0 Å². The molecule has 0 aliphatic heterocycles. The fourth-order valence-corrected chi connectivity index (χ4v) is 3.59. The van der Waals surface area contributed by atoms with Gasteiger partial charge in [0.15, 0.2) is 5.78 Å². The molecule has 142 valence electrons. The molecule has 0 heterocycles. The van der Waals surface area contributed by atoms with E-state index in [4.69, 9.17) is 0 Å². The van der Waals surface area contributed by atoms with Crippen molar-refractivity contribution in [2.75, 3.05) is 0 Å². The largest absolute Gasteiger partial charge is 0.299 e. The van der Waals surface area contributed by atoms with E-state index in [2.05, 4.69) is 0 Å². The maximum absolute atomic E-state index is 13.6. The number of hydrogen-bond donors (Lipinski definition) is 0. The van der Waals surface area contributed by atoms with E-state index in [9.17, 15) is 9.59 Å². The Morgan fingerprint density at radius 1 is 0.679 bits per heavy atom. The molecule has 2 heteroatoms. The van der Waals surface area contributed by atoms with Gasteiger partial charge in [-0.2, -0.15) is 0 Å². The molecule has 0 saturated heterocycles. The van der Waals surface area contributed by atoms with E-state index in [-0.39, 0.29) is 23.4 Å². The Labute approximate surface area is 167 Å². The first-order valence-electron chi connectivity index (χ1n) is 9.79. The Balaban J connectivity index is 2.11. The van der Waals surface area contributed by atoms with Gasteiger partial charge in [0.25, 0.3) is 0 Å². The fourth-order valence-electron chi connectivity index (χ4n) is 3.59. The highest BCUT2D eigenvalue weighted by molar-refractivity contribution is 6.02. The summed E-state index contributed by atoms with van der Waals surface area (Å²) in [6, 6.07) is 29.1. The molecule has 0 N–H and O–H groups in total. The highest BCUT2D eigenvalue weighted by atomic mass is 16.1. The molecular formula is C26H26O2. The van der Waals surface area contributed by atoms with E-state index in [1.807, 2.05) is 105 Å². The molecule has 0 aromatic heterocycles. The predicted molar refractivity (Wildman–Crippen MR) is 114 cm³/mol. The average Bonchev–Trinajstić information content (AvgIpc) is 2.75. The van der Waals surface area contributed by atoms with Crippen molar-refractivity contribution >= 4 is 11.6 Å². The van der Waals surface area contributed by atoms with Crippen molar-refractivity contribution in [3.05, 3.63) is 108 Å². The highest BCUT2D eigenvalue weighted by Crippen LogP contribution is 2.39. The van der Waals surface area contributed by atoms with Gasteiger partial charge >= 0.3 is 0 Å². The van der Waals surface area contributed by atoms with E-state index in [1.54, 1.807) is 0 Å². The van der Waals surface area contributed by atoms with Crippen LogP contribution in [0.15, 0.2) is 91.0 Å². The quantitative estimate of drug-likeness (QED) is 0.452. The van der Waals surface area contributed by atoms with Crippen LogP contribution in [0, 0.1) is 5.92 Å². The predicted octanol–water partition coefficient (Wildman–Crippen LogP) is 6.05. The zero-order chi connectivity index (χ0) is 19.9. The van der Waals surface area contributed by atoms with Crippen LogP contribution in [0.4, 0.5) is 0 Å². The summed E-state index contributed by atoms with van der Waals surface area (Å²) in [5.74, 6) is -0.442. The van der Waals surface area contributed by atoms with Gasteiger partial charge in [0.05, 0.1) is 5.92 Å². The summed E-state index contributed by atoms with van der Waals surface area (Å²) >= 11 is 0. The molecule has 0 fully saturated rings. The molecular weight excluding hydrogens is 344 g/mol. The summed E-state index contributed by atoms with van der Waals surface area (Å²) in [4.78, 5) is 26.3. The minimum Gasteiger partial charge on any atom is -0.299 e. The molecule has 2 nitrogen and oxygen atoms in total. The molecule has 0 spiro atoms. The summed E-state index contributed by atoms with van der Waals surface area (Å²) in [5.41, 5.74) is 2.64. The number of hydrogen-bond acceptors (Lipinski definition) is 2. The maximum atomic E-state index is 13.6. The molecule has 0 bridgehead atoms. The summed E-state index contributed by atoms with van der Waals surface area (Å²) in [6.45, 7) is 3.84. The zero-order valence-electron chi connectivity index (χ0n) is 16.4. The molecule has 2 atom stereocenters. The lowest BCUT2D eigenvalue weighted by Gasteiger charge is -2.27. The van der Waals surface area contributed by atoms with Crippen molar-refractivity contribution in [3.63, 3.8) is 0 Å². The number of carbonyl (C=O) groups excluding carboxylic acids is 2. The molecule has 0 amide bonds. The number of Topliss-reactive ketones (excluding diaryl/α,β-unsaturated/α-hetero) is 2. The van der Waals surface area contributed by atoms with Crippen LogP contribution in [0.1, 0.15) is 53.6 Å². The molecule has 0 aliphatic rings. The van der Waals surface area contributed by atoms with E-state index in [0.717, 1.165) is 11.1 Å². The molecule has 3 aromatic rings. The summed E-state index contributed by atoms with van der Waals surface area (Å²) in [6.07, 6.45) is 0.347. The lowest BCUT2D eigenvalue weighted by molar-refractivity contribution is -0.122. The van der Waals surface area contributed by atoms with Gasteiger partial charge in [-0.1, -0.05) is 105 Å². The smallest absolute Gasteiger partial charge is 0.170 e. The Hall–Kier alpha value is -3.00. The van der Waals surface area contributed by atoms with Gasteiger partial charge in [0.1, 0.15) is 5.78 Å². The zero-order valence-corrected chi connectivity index (χ0v) is 16.4. The standard InChI is InChI=1S/C26H26O2/c1-19(2)24(27)18-23(20-12-6-3-7-13-20)25(21-14-8-4-9-15-21)26(28)22-16-10-5-11-17-22/h3-17,19,23,25H,18H2,1-2H3. The van der Waals surface area contributed by atoms with Crippen LogP contribution >= 0.6 is 0 Å². The molecule has 3 aromatic carbocycles. The molecule has 0 saturated carbocycles. The van der Waals surface area contributed by atoms with Crippen LogP contribution in [0.2, 0.25) is 0 Å². The minimum absolute atomic E-state index is 0.0530. The molecule has 0 aliphatic carbocycles. The summed E-state index contributed by atoms with van der Waals surface area (Å²) < 4.78 is 0. The second-order valence-corrected chi connectivity index (χ2v) is 7.46. The maximum Gasteiger partial charge on any atom is 0.170 e. The molecule has 28 heavy (non-hydrogen) atoms. The highest BCUT2D eigenvalue weighted by Gasteiger charge is 2.33. The number of ketones is 2. The third kappa shape index (κ3) is 4.64. The van der Waals surface area contributed by atoms with Crippen LogP contribution in [-0.2, 0) is 4.79 Å². The Morgan fingerprint density at radius 3 is 1.64 bits per heavy atom. The first-order valence-corrected chi connectivity index (χ1v) is 9.79. The monoisotopic (exact) mass is 370 g/mol. The van der Waals surface area contributed by atoms with E-state index in [1.165, 1.54) is 0 Å². The molecule has 2 unspecified atom stereocenters. The van der Waals surface area contributed by atoms with Gasteiger partial charge in [-0.3, -0.25) is 9.59 Å². The second kappa shape index (κ2) is 9.27. The Bertz CT molecular complexity index is 899. The first kappa shape index (κ1) is 19.8. The van der Waals surface area contributed by atoms with Gasteiger partial charge in [-0.15, -0.1) is 0 Å². The number of rotatable bonds is 8. The minimum atomic E-state index is -0.409. The van der Waals surface area contributed by atoms with Gasteiger partial charge in [0.2, 0.25) is 0 Å². The third-order valence-corrected chi connectivity index (χ3v) is 5.19. The third-order valence-electron chi connectivity index (χ3n) is 5.19. The van der Waals surface area contributed by atoms with E-state index in [0.29, 0.717) is 12.0 Å². The fraction of sp³-hybridized carbons (Fsp3) is 0.231. The van der Waals surface area contributed by atoms with Crippen LogP contribution in [-0.4, -0.2) is 11.6 Å². The van der Waals surface area contributed by atoms with E-state index < -0.39 is 5.92 Å². The van der Waals surface area contributed by atoms with Crippen molar-refractivity contribution in [1.82, 2.24) is 0 Å². The molecule has 0 radical (unpaired) electrons. The lowest BCUT2D eigenvalue weighted by Crippen LogP contribution is -2.24. The molecule has 3 rings (SSSR count). The van der Waals surface area contributed by atoms with Crippen molar-refractivity contribution < 1.29 is 9.59 Å². The average molecular weight is 370 g/mol. The van der Waals surface area contributed by atoms with Crippen molar-refractivity contribution in [1.29, 1.82) is 0 Å². The van der Waals surface area contributed by atoms with Crippen molar-refractivity contribution in [2.24, 2.45) is 5.92 Å². The summed E-state index contributed by atoms with van der Waals surface area (Å²) in [5, 5.41) is 0. The van der Waals surface area contributed by atoms with Crippen molar-refractivity contribution in [3.8, 4) is 0 Å². The van der Waals surface area contributed by atoms with Gasteiger partial charge < -0.3 is 0 Å². The normalized spacial score (nSPS) is 13.1. The first-order chi connectivity index (χ1) is 13.6. The Kier molecular flexibility index (Phi) is 6.54. The lowest BCUT2D eigenvalue weighted by atomic mass is 9.74. The Morgan fingerprint density at radius 2 is 1.14 bits per heavy atom.